The molecular formula is C22H26ClN3O3S. The Hall–Kier alpha value is -1.93. The van der Waals surface area contributed by atoms with Gasteiger partial charge in [0.15, 0.2) is 0 Å². The molecule has 0 saturated carbocycles. The van der Waals surface area contributed by atoms with Gasteiger partial charge in [-0.15, -0.1) is 0 Å². The molecule has 2 aromatic rings. The van der Waals surface area contributed by atoms with Crippen molar-refractivity contribution in [3.05, 3.63) is 64.2 Å². The largest absolute Gasteiger partial charge is 0.348 e. The van der Waals surface area contributed by atoms with Crippen molar-refractivity contribution in [2.24, 2.45) is 0 Å². The van der Waals surface area contributed by atoms with E-state index in [9.17, 15) is 13.2 Å². The molecule has 1 heterocycles. The number of hydrogen-bond donors (Lipinski definition) is 1. The van der Waals surface area contributed by atoms with Gasteiger partial charge in [0, 0.05) is 31.2 Å². The fraction of sp³-hybridized carbons (Fsp3) is 0.409. The highest BCUT2D eigenvalue weighted by molar-refractivity contribution is 7.89. The first kappa shape index (κ1) is 21.3. The van der Waals surface area contributed by atoms with Gasteiger partial charge in [0.1, 0.15) is 0 Å². The zero-order valence-corrected chi connectivity index (χ0v) is 18.5. The summed E-state index contributed by atoms with van der Waals surface area (Å²) in [6.07, 6.45) is 1.79. The molecule has 30 heavy (non-hydrogen) atoms. The standard InChI is InChI=1S/C22H26ClN3O3S/c1-16-2-6-19(7-3-16)30(28,29)26-12-10-25(11-13-26)15-22(27)24-21-9-4-17-14-18(23)5-8-20(17)21/h2-3,5-8,14,21H,4,9-13,15H2,1H3,(H,24,27). The summed E-state index contributed by atoms with van der Waals surface area (Å²) in [7, 11) is -3.49. The van der Waals surface area contributed by atoms with Gasteiger partial charge in [-0.05, 0) is 55.2 Å². The molecule has 160 valence electrons. The van der Waals surface area contributed by atoms with Crippen LogP contribution in [0, 0.1) is 6.92 Å². The maximum Gasteiger partial charge on any atom is 0.243 e. The Bertz CT molecular complexity index is 1030. The number of carbonyl (C=O) groups is 1. The van der Waals surface area contributed by atoms with Gasteiger partial charge in [0.2, 0.25) is 15.9 Å². The minimum atomic E-state index is -3.49. The molecule has 6 nitrogen and oxygen atoms in total. The topological polar surface area (TPSA) is 69.7 Å². The monoisotopic (exact) mass is 447 g/mol. The highest BCUT2D eigenvalue weighted by atomic mass is 35.5. The van der Waals surface area contributed by atoms with Crippen LogP contribution >= 0.6 is 11.6 Å². The van der Waals surface area contributed by atoms with Crippen LogP contribution in [0.3, 0.4) is 0 Å². The summed E-state index contributed by atoms with van der Waals surface area (Å²) in [5.41, 5.74) is 3.36. The van der Waals surface area contributed by atoms with E-state index in [-0.39, 0.29) is 18.5 Å². The highest BCUT2D eigenvalue weighted by Crippen LogP contribution is 2.32. The number of aryl methyl sites for hydroxylation is 2. The number of nitrogens with zero attached hydrogens (tertiary/aromatic N) is 2. The number of rotatable bonds is 5. The zero-order valence-electron chi connectivity index (χ0n) is 17.0. The number of sulfonamides is 1. The third-order valence-electron chi connectivity index (χ3n) is 5.88. The van der Waals surface area contributed by atoms with Crippen molar-refractivity contribution in [2.75, 3.05) is 32.7 Å². The molecule has 1 atom stereocenters. The molecule has 1 unspecified atom stereocenters. The molecule has 1 saturated heterocycles. The molecule has 4 rings (SSSR count). The van der Waals surface area contributed by atoms with Crippen LogP contribution in [0.25, 0.3) is 0 Å². The second-order valence-electron chi connectivity index (χ2n) is 8.00. The average molecular weight is 448 g/mol. The molecular weight excluding hydrogens is 422 g/mol. The lowest BCUT2D eigenvalue weighted by Gasteiger charge is -2.33. The summed E-state index contributed by atoms with van der Waals surface area (Å²) in [6.45, 7) is 4.05. The normalized spacial score (nSPS) is 20.1. The Labute approximate surface area is 182 Å². The fourth-order valence-corrected chi connectivity index (χ4v) is 5.78. The van der Waals surface area contributed by atoms with Gasteiger partial charge in [-0.1, -0.05) is 35.4 Å². The highest BCUT2D eigenvalue weighted by Gasteiger charge is 2.30. The van der Waals surface area contributed by atoms with E-state index in [2.05, 4.69) is 5.32 Å². The van der Waals surface area contributed by atoms with Crippen molar-refractivity contribution < 1.29 is 13.2 Å². The third kappa shape index (κ3) is 4.54. The van der Waals surface area contributed by atoms with E-state index < -0.39 is 10.0 Å². The minimum Gasteiger partial charge on any atom is -0.348 e. The summed E-state index contributed by atoms with van der Waals surface area (Å²) in [5, 5.41) is 3.84. The van der Waals surface area contributed by atoms with E-state index in [1.54, 1.807) is 12.1 Å². The molecule has 0 bridgehead atoms. The van der Waals surface area contributed by atoms with Gasteiger partial charge < -0.3 is 5.32 Å². The number of benzene rings is 2. The van der Waals surface area contributed by atoms with Crippen molar-refractivity contribution in [1.29, 1.82) is 0 Å². The number of amides is 1. The summed E-state index contributed by atoms with van der Waals surface area (Å²) in [5.74, 6) is -0.0300. The first-order valence-electron chi connectivity index (χ1n) is 10.2. The predicted octanol–water partition coefficient (Wildman–Crippen LogP) is 2.76. The van der Waals surface area contributed by atoms with E-state index in [0.29, 0.717) is 31.1 Å². The fourth-order valence-electron chi connectivity index (χ4n) is 4.17. The Morgan fingerprint density at radius 2 is 1.80 bits per heavy atom. The van der Waals surface area contributed by atoms with Gasteiger partial charge in [-0.25, -0.2) is 8.42 Å². The zero-order chi connectivity index (χ0) is 21.3. The second kappa shape index (κ2) is 8.67. The molecule has 1 N–H and O–H groups in total. The molecule has 0 radical (unpaired) electrons. The predicted molar refractivity (Wildman–Crippen MR) is 117 cm³/mol. The summed E-state index contributed by atoms with van der Waals surface area (Å²) < 4.78 is 27.1. The number of halogens is 1. The Balaban J connectivity index is 1.30. The van der Waals surface area contributed by atoms with Crippen molar-refractivity contribution in [3.8, 4) is 0 Å². The van der Waals surface area contributed by atoms with Crippen LogP contribution in [0.1, 0.15) is 29.2 Å². The van der Waals surface area contributed by atoms with Crippen molar-refractivity contribution in [3.63, 3.8) is 0 Å². The smallest absolute Gasteiger partial charge is 0.243 e. The van der Waals surface area contributed by atoms with Crippen molar-refractivity contribution in [2.45, 2.75) is 30.7 Å². The van der Waals surface area contributed by atoms with Crippen LogP contribution in [0.15, 0.2) is 47.4 Å². The third-order valence-corrected chi connectivity index (χ3v) is 8.02. The summed E-state index contributed by atoms with van der Waals surface area (Å²) >= 11 is 6.05. The molecule has 1 fully saturated rings. The molecule has 1 aliphatic heterocycles. The molecule has 1 amide bonds. The van der Waals surface area contributed by atoms with Crippen LogP contribution in [0.5, 0.6) is 0 Å². The molecule has 0 aromatic heterocycles. The van der Waals surface area contributed by atoms with E-state index in [1.165, 1.54) is 9.87 Å². The van der Waals surface area contributed by atoms with Crippen LogP contribution in [-0.2, 0) is 21.2 Å². The first-order valence-corrected chi connectivity index (χ1v) is 12.0. The van der Waals surface area contributed by atoms with Crippen LogP contribution in [0.4, 0.5) is 0 Å². The van der Waals surface area contributed by atoms with Crippen LogP contribution in [-0.4, -0.2) is 56.3 Å². The van der Waals surface area contributed by atoms with Gasteiger partial charge in [-0.2, -0.15) is 4.31 Å². The molecule has 0 spiro atoms. The van der Waals surface area contributed by atoms with E-state index in [4.69, 9.17) is 11.6 Å². The second-order valence-corrected chi connectivity index (χ2v) is 10.4. The molecule has 1 aliphatic carbocycles. The Morgan fingerprint density at radius 3 is 2.50 bits per heavy atom. The summed E-state index contributed by atoms with van der Waals surface area (Å²) in [4.78, 5) is 14.9. The number of carbonyl (C=O) groups excluding carboxylic acids is 1. The minimum absolute atomic E-state index is 0.0213. The number of nitrogens with one attached hydrogen (secondary N) is 1. The molecule has 2 aromatic carbocycles. The average Bonchev–Trinajstić information content (AvgIpc) is 3.10. The lowest BCUT2D eigenvalue weighted by Crippen LogP contribution is -2.51. The lowest BCUT2D eigenvalue weighted by atomic mass is 10.1. The van der Waals surface area contributed by atoms with E-state index >= 15 is 0 Å². The Kier molecular flexibility index (Phi) is 6.16. The van der Waals surface area contributed by atoms with Gasteiger partial charge >= 0.3 is 0 Å². The molecule has 2 aliphatic rings. The van der Waals surface area contributed by atoms with E-state index in [0.717, 1.165) is 29.0 Å². The quantitative estimate of drug-likeness (QED) is 0.765. The summed E-state index contributed by atoms with van der Waals surface area (Å²) in [6, 6.07) is 12.8. The van der Waals surface area contributed by atoms with Gasteiger partial charge in [-0.3, -0.25) is 9.69 Å². The van der Waals surface area contributed by atoms with Crippen LogP contribution in [0.2, 0.25) is 5.02 Å². The van der Waals surface area contributed by atoms with Crippen molar-refractivity contribution in [1.82, 2.24) is 14.5 Å². The van der Waals surface area contributed by atoms with Gasteiger partial charge in [0.05, 0.1) is 17.5 Å². The van der Waals surface area contributed by atoms with Crippen LogP contribution < -0.4 is 5.32 Å². The van der Waals surface area contributed by atoms with E-state index in [1.807, 2.05) is 42.2 Å². The SMILES string of the molecule is Cc1ccc(S(=O)(=O)N2CCN(CC(=O)NC3CCc4cc(Cl)ccc43)CC2)cc1. The number of hydrogen-bond acceptors (Lipinski definition) is 4. The lowest BCUT2D eigenvalue weighted by molar-refractivity contribution is -0.123. The maximum atomic E-state index is 12.8. The van der Waals surface area contributed by atoms with Gasteiger partial charge in [0.25, 0.3) is 0 Å². The number of fused-ring (bicyclic) bond motifs is 1. The first-order chi connectivity index (χ1) is 14.3. The molecule has 8 heteroatoms. The number of piperazine rings is 1. The maximum absolute atomic E-state index is 12.8. The Morgan fingerprint density at radius 1 is 1.10 bits per heavy atom. The van der Waals surface area contributed by atoms with Crippen molar-refractivity contribution >= 4 is 27.5 Å².